The van der Waals surface area contributed by atoms with Gasteiger partial charge in [-0.25, -0.2) is 4.39 Å². The predicted octanol–water partition coefficient (Wildman–Crippen LogP) is 3.40. The van der Waals surface area contributed by atoms with Crippen molar-refractivity contribution in [3.05, 3.63) is 35.7 Å². The Balaban J connectivity index is 2.37. The Bertz CT molecular complexity index is 477. The first-order chi connectivity index (χ1) is 8.41. The molecule has 18 heavy (non-hydrogen) atoms. The maximum absolute atomic E-state index is 14.0. The van der Waals surface area contributed by atoms with Gasteiger partial charge in [-0.3, -0.25) is 0 Å². The standard InChI is InChI=1S/C15H19FO2/c1-15(2)8-10(6-11(17)9-15)13-5-4-12(18-3)7-14(13)16/h4-7,11,17H,8-9H2,1-3H3. The molecule has 3 heteroatoms. The van der Waals surface area contributed by atoms with Gasteiger partial charge in [0.2, 0.25) is 0 Å². The number of ether oxygens (including phenoxy) is 1. The normalized spacial score (nSPS) is 22.5. The van der Waals surface area contributed by atoms with E-state index in [1.165, 1.54) is 13.2 Å². The number of benzene rings is 1. The molecule has 1 aliphatic carbocycles. The molecule has 0 saturated heterocycles. The van der Waals surface area contributed by atoms with Crippen molar-refractivity contribution in [1.82, 2.24) is 0 Å². The maximum atomic E-state index is 14.0. The molecule has 1 aromatic rings. The fraction of sp³-hybridized carbons (Fsp3) is 0.467. The molecule has 1 unspecified atom stereocenters. The van der Waals surface area contributed by atoms with Crippen molar-refractivity contribution in [2.75, 3.05) is 7.11 Å². The first-order valence-electron chi connectivity index (χ1n) is 6.14. The molecule has 1 atom stereocenters. The molecule has 0 bridgehead atoms. The number of halogens is 1. The van der Waals surface area contributed by atoms with E-state index in [-0.39, 0.29) is 11.2 Å². The second kappa shape index (κ2) is 4.73. The average Bonchev–Trinajstić information content (AvgIpc) is 2.25. The van der Waals surface area contributed by atoms with Crippen molar-refractivity contribution in [3.63, 3.8) is 0 Å². The lowest BCUT2D eigenvalue weighted by atomic mass is 9.74. The summed E-state index contributed by atoms with van der Waals surface area (Å²) in [6.07, 6.45) is 2.75. The first kappa shape index (κ1) is 13.1. The molecule has 1 aliphatic rings. The molecule has 1 aromatic carbocycles. The van der Waals surface area contributed by atoms with Gasteiger partial charge in [0.05, 0.1) is 13.2 Å². The van der Waals surface area contributed by atoms with Crippen molar-refractivity contribution in [2.45, 2.75) is 32.8 Å². The Morgan fingerprint density at radius 2 is 2.11 bits per heavy atom. The third kappa shape index (κ3) is 2.72. The third-order valence-electron chi connectivity index (χ3n) is 3.35. The van der Waals surface area contributed by atoms with E-state index in [9.17, 15) is 9.50 Å². The number of aliphatic hydroxyl groups is 1. The van der Waals surface area contributed by atoms with Crippen LogP contribution >= 0.6 is 0 Å². The van der Waals surface area contributed by atoms with E-state index in [1.54, 1.807) is 18.2 Å². The van der Waals surface area contributed by atoms with E-state index in [0.29, 0.717) is 17.7 Å². The molecule has 0 amide bonds. The minimum absolute atomic E-state index is 0.00410. The van der Waals surface area contributed by atoms with E-state index in [1.807, 2.05) is 0 Å². The molecule has 0 heterocycles. The number of allylic oxidation sites excluding steroid dienone is 1. The summed E-state index contributed by atoms with van der Waals surface area (Å²) >= 11 is 0. The zero-order valence-corrected chi connectivity index (χ0v) is 11.0. The van der Waals surface area contributed by atoms with Gasteiger partial charge in [0.1, 0.15) is 11.6 Å². The fourth-order valence-corrected chi connectivity index (χ4v) is 2.57. The van der Waals surface area contributed by atoms with Crippen LogP contribution in [0.1, 0.15) is 32.3 Å². The van der Waals surface area contributed by atoms with Gasteiger partial charge in [0.25, 0.3) is 0 Å². The lowest BCUT2D eigenvalue weighted by Gasteiger charge is -2.32. The van der Waals surface area contributed by atoms with Crippen LogP contribution in [0.2, 0.25) is 0 Å². The summed E-state index contributed by atoms with van der Waals surface area (Å²) in [6.45, 7) is 4.18. The van der Waals surface area contributed by atoms with Crippen LogP contribution in [0.15, 0.2) is 24.3 Å². The number of hydrogen-bond donors (Lipinski definition) is 1. The number of hydrogen-bond acceptors (Lipinski definition) is 2. The van der Waals surface area contributed by atoms with Gasteiger partial charge >= 0.3 is 0 Å². The van der Waals surface area contributed by atoms with E-state index in [0.717, 1.165) is 12.0 Å². The topological polar surface area (TPSA) is 29.5 Å². The zero-order valence-electron chi connectivity index (χ0n) is 11.0. The molecule has 98 valence electrons. The highest BCUT2D eigenvalue weighted by Crippen LogP contribution is 2.40. The lowest BCUT2D eigenvalue weighted by molar-refractivity contribution is 0.146. The minimum Gasteiger partial charge on any atom is -0.497 e. The Kier molecular flexibility index (Phi) is 3.44. The molecule has 2 rings (SSSR count). The van der Waals surface area contributed by atoms with Crippen molar-refractivity contribution >= 4 is 5.57 Å². The highest BCUT2D eigenvalue weighted by atomic mass is 19.1. The molecular weight excluding hydrogens is 231 g/mol. The molecule has 2 nitrogen and oxygen atoms in total. The molecule has 0 saturated carbocycles. The molecule has 0 aromatic heterocycles. The smallest absolute Gasteiger partial charge is 0.134 e. The second-order valence-electron chi connectivity index (χ2n) is 5.65. The summed E-state index contributed by atoms with van der Waals surface area (Å²) < 4.78 is 19.0. The van der Waals surface area contributed by atoms with Gasteiger partial charge in [-0.05, 0) is 36.0 Å². The monoisotopic (exact) mass is 250 g/mol. The fourth-order valence-electron chi connectivity index (χ4n) is 2.57. The third-order valence-corrected chi connectivity index (χ3v) is 3.35. The van der Waals surface area contributed by atoms with Gasteiger partial charge in [0, 0.05) is 11.6 Å². The van der Waals surface area contributed by atoms with E-state index >= 15 is 0 Å². The van der Waals surface area contributed by atoms with E-state index < -0.39 is 6.10 Å². The number of rotatable bonds is 2. The Morgan fingerprint density at radius 1 is 1.39 bits per heavy atom. The van der Waals surface area contributed by atoms with Crippen LogP contribution in [-0.2, 0) is 0 Å². The van der Waals surface area contributed by atoms with Crippen LogP contribution in [0.25, 0.3) is 5.57 Å². The summed E-state index contributed by atoms with van der Waals surface area (Å²) in [6, 6.07) is 4.84. The number of methoxy groups -OCH3 is 1. The van der Waals surface area contributed by atoms with E-state index in [4.69, 9.17) is 4.74 Å². The SMILES string of the molecule is COc1ccc(C2=CC(O)CC(C)(C)C2)c(F)c1. The molecule has 0 spiro atoms. The summed E-state index contributed by atoms with van der Waals surface area (Å²) in [5.41, 5.74) is 1.43. The molecule has 0 fully saturated rings. The van der Waals surface area contributed by atoms with Crippen molar-refractivity contribution in [1.29, 1.82) is 0 Å². The van der Waals surface area contributed by atoms with Gasteiger partial charge in [-0.2, -0.15) is 0 Å². The number of aliphatic hydroxyl groups excluding tert-OH is 1. The van der Waals surface area contributed by atoms with Crippen LogP contribution in [0.4, 0.5) is 4.39 Å². The van der Waals surface area contributed by atoms with Crippen LogP contribution in [0, 0.1) is 11.2 Å². The second-order valence-corrected chi connectivity index (χ2v) is 5.65. The Labute approximate surface area is 107 Å². The van der Waals surface area contributed by atoms with Gasteiger partial charge in [-0.15, -0.1) is 0 Å². The summed E-state index contributed by atoms with van der Waals surface area (Å²) in [4.78, 5) is 0. The largest absolute Gasteiger partial charge is 0.497 e. The van der Waals surface area contributed by atoms with Gasteiger partial charge in [-0.1, -0.05) is 19.9 Å². The molecule has 0 aliphatic heterocycles. The van der Waals surface area contributed by atoms with Crippen LogP contribution in [0.3, 0.4) is 0 Å². The maximum Gasteiger partial charge on any atom is 0.134 e. The summed E-state index contributed by atoms with van der Waals surface area (Å²) in [5, 5.41) is 9.84. The Morgan fingerprint density at radius 3 is 2.67 bits per heavy atom. The predicted molar refractivity (Wildman–Crippen MR) is 70.0 cm³/mol. The average molecular weight is 250 g/mol. The molecule has 0 radical (unpaired) electrons. The van der Waals surface area contributed by atoms with Crippen LogP contribution in [0.5, 0.6) is 5.75 Å². The van der Waals surface area contributed by atoms with Crippen molar-refractivity contribution in [3.8, 4) is 5.75 Å². The van der Waals surface area contributed by atoms with Crippen LogP contribution < -0.4 is 4.74 Å². The highest BCUT2D eigenvalue weighted by Gasteiger charge is 2.29. The lowest BCUT2D eigenvalue weighted by Crippen LogP contribution is -2.24. The van der Waals surface area contributed by atoms with Crippen molar-refractivity contribution in [2.24, 2.45) is 5.41 Å². The first-order valence-corrected chi connectivity index (χ1v) is 6.14. The zero-order chi connectivity index (χ0) is 13.3. The van der Waals surface area contributed by atoms with Gasteiger partial charge < -0.3 is 9.84 Å². The quantitative estimate of drug-likeness (QED) is 0.871. The van der Waals surface area contributed by atoms with Crippen molar-refractivity contribution < 1.29 is 14.2 Å². The van der Waals surface area contributed by atoms with Gasteiger partial charge in [0.15, 0.2) is 0 Å². The minimum atomic E-state index is -0.495. The Hall–Kier alpha value is -1.35. The van der Waals surface area contributed by atoms with E-state index in [2.05, 4.69) is 13.8 Å². The summed E-state index contributed by atoms with van der Waals surface area (Å²) in [5.74, 6) is 0.206. The molecule has 1 N–H and O–H groups in total. The van der Waals surface area contributed by atoms with Crippen LogP contribution in [-0.4, -0.2) is 18.3 Å². The summed E-state index contributed by atoms with van der Waals surface area (Å²) in [7, 11) is 1.52. The highest BCUT2D eigenvalue weighted by molar-refractivity contribution is 5.68. The molecular formula is C15H19FO2.